The summed E-state index contributed by atoms with van der Waals surface area (Å²) in [6, 6.07) is 51.5. The van der Waals surface area contributed by atoms with E-state index in [9.17, 15) is 4.79 Å². The monoisotopic (exact) mass is 594 g/mol. The highest BCUT2D eigenvalue weighted by molar-refractivity contribution is 6.09. The number of fused-ring (bicyclic) bond motifs is 9. The zero-order chi connectivity index (χ0) is 30.6. The summed E-state index contributed by atoms with van der Waals surface area (Å²) in [7, 11) is 0. The molecule has 46 heavy (non-hydrogen) atoms. The molecule has 3 aliphatic rings. The van der Waals surface area contributed by atoms with Crippen LogP contribution in [0.2, 0.25) is 0 Å². The van der Waals surface area contributed by atoms with Gasteiger partial charge >= 0.3 is 0 Å². The Morgan fingerprint density at radius 1 is 0.457 bits per heavy atom. The van der Waals surface area contributed by atoms with Crippen LogP contribution < -0.4 is 9.80 Å². The molecular formula is C43H34N2O. The van der Waals surface area contributed by atoms with Crippen LogP contribution in [0.25, 0.3) is 0 Å². The summed E-state index contributed by atoms with van der Waals surface area (Å²) in [5.74, 6) is 0.984. The zero-order valence-electron chi connectivity index (χ0n) is 25.6. The number of hydrogen-bond acceptors (Lipinski definition) is 3. The predicted molar refractivity (Wildman–Crippen MR) is 188 cm³/mol. The van der Waals surface area contributed by atoms with Gasteiger partial charge in [0.25, 0.3) is 0 Å². The van der Waals surface area contributed by atoms with Crippen molar-refractivity contribution in [2.45, 2.75) is 37.5 Å². The molecule has 3 heteroatoms. The quantitative estimate of drug-likeness (QED) is 0.189. The lowest BCUT2D eigenvalue weighted by molar-refractivity contribution is 0.103. The van der Waals surface area contributed by atoms with Crippen molar-refractivity contribution in [1.29, 1.82) is 0 Å². The van der Waals surface area contributed by atoms with Crippen LogP contribution in [0.4, 0.5) is 34.1 Å². The van der Waals surface area contributed by atoms with E-state index in [1.165, 1.54) is 50.7 Å². The van der Waals surface area contributed by atoms with Crippen molar-refractivity contribution in [3.05, 3.63) is 179 Å². The molecule has 0 radical (unpaired) electrons. The fraction of sp³-hybridized carbons (Fsp3) is 0.140. The van der Waals surface area contributed by atoms with Crippen molar-refractivity contribution in [2.24, 2.45) is 0 Å². The SMILES string of the molecule is O=C(c1ccccc1)c1ccc2c(c1)C1CCC(C2)c2cc(N3c4ccccc4N(c4ccccc4)c4ccccc43)ccc2C1. The number of carbonyl (C=O) groups excluding carboxylic acids is 1. The third-order valence-corrected chi connectivity index (χ3v) is 10.2. The number of carbonyl (C=O) groups is 1. The van der Waals surface area contributed by atoms with Gasteiger partial charge in [-0.25, -0.2) is 0 Å². The van der Waals surface area contributed by atoms with Crippen LogP contribution in [-0.2, 0) is 12.8 Å². The van der Waals surface area contributed by atoms with Crippen LogP contribution in [0, 0.1) is 0 Å². The smallest absolute Gasteiger partial charge is 0.193 e. The molecular weight excluding hydrogens is 560 g/mol. The molecule has 2 atom stereocenters. The minimum atomic E-state index is 0.109. The Kier molecular flexibility index (Phi) is 6.38. The molecule has 0 amide bonds. The number of nitrogens with zero attached hydrogens (tertiary/aromatic N) is 2. The second-order valence-electron chi connectivity index (χ2n) is 12.9. The molecule has 0 saturated heterocycles. The first-order valence-corrected chi connectivity index (χ1v) is 16.4. The van der Waals surface area contributed by atoms with Gasteiger partial charge in [-0.1, -0.05) is 91.0 Å². The highest BCUT2D eigenvalue weighted by Gasteiger charge is 2.34. The normalized spacial score (nSPS) is 17.7. The lowest BCUT2D eigenvalue weighted by Crippen LogP contribution is -2.24. The van der Waals surface area contributed by atoms with Gasteiger partial charge < -0.3 is 9.80 Å². The molecule has 2 unspecified atom stereocenters. The number of ketones is 1. The maximum Gasteiger partial charge on any atom is 0.193 e. The third-order valence-electron chi connectivity index (χ3n) is 10.2. The molecule has 6 aromatic carbocycles. The molecule has 3 nitrogen and oxygen atoms in total. The summed E-state index contributed by atoms with van der Waals surface area (Å²) in [6.45, 7) is 0. The van der Waals surface area contributed by atoms with E-state index in [0.717, 1.165) is 42.5 Å². The summed E-state index contributed by atoms with van der Waals surface area (Å²) >= 11 is 0. The molecule has 1 aliphatic heterocycles. The molecule has 0 spiro atoms. The van der Waals surface area contributed by atoms with Crippen molar-refractivity contribution in [3.63, 3.8) is 0 Å². The van der Waals surface area contributed by atoms with Gasteiger partial charge in [-0.15, -0.1) is 0 Å². The molecule has 9 rings (SSSR count). The van der Waals surface area contributed by atoms with Gasteiger partial charge in [0.15, 0.2) is 5.78 Å². The van der Waals surface area contributed by atoms with Crippen LogP contribution >= 0.6 is 0 Å². The van der Waals surface area contributed by atoms with Gasteiger partial charge in [0, 0.05) is 22.5 Å². The summed E-state index contributed by atoms with van der Waals surface area (Å²) in [6.07, 6.45) is 4.33. The van der Waals surface area contributed by atoms with Gasteiger partial charge in [0.05, 0.1) is 22.7 Å². The maximum atomic E-state index is 13.3. The first-order valence-electron chi connectivity index (χ1n) is 16.4. The van der Waals surface area contributed by atoms with E-state index in [2.05, 4.69) is 119 Å². The average molecular weight is 595 g/mol. The fourth-order valence-electron chi connectivity index (χ4n) is 8.09. The van der Waals surface area contributed by atoms with E-state index in [1.54, 1.807) is 0 Å². The average Bonchev–Trinajstić information content (AvgIpc) is 3.41. The van der Waals surface area contributed by atoms with Crippen molar-refractivity contribution in [2.75, 3.05) is 9.80 Å². The lowest BCUT2D eigenvalue weighted by Gasteiger charge is -2.40. The Morgan fingerprint density at radius 2 is 0.935 bits per heavy atom. The van der Waals surface area contributed by atoms with E-state index in [-0.39, 0.29) is 5.78 Å². The van der Waals surface area contributed by atoms with Crippen LogP contribution in [0.1, 0.15) is 62.9 Å². The van der Waals surface area contributed by atoms with E-state index < -0.39 is 0 Å². The minimum absolute atomic E-state index is 0.109. The molecule has 0 saturated carbocycles. The highest BCUT2D eigenvalue weighted by atomic mass is 16.1. The van der Waals surface area contributed by atoms with Crippen molar-refractivity contribution < 1.29 is 4.79 Å². The summed E-state index contributed by atoms with van der Waals surface area (Å²) in [5.41, 5.74) is 14.3. The van der Waals surface area contributed by atoms with E-state index >= 15 is 0 Å². The van der Waals surface area contributed by atoms with E-state index in [4.69, 9.17) is 0 Å². The van der Waals surface area contributed by atoms with E-state index in [1.807, 2.05) is 36.4 Å². The minimum Gasteiger partial charge on any atom is -0.306 e. The molecule has 2 aliphatic carbocycles. The van der Waals surface area contributed by atoms with E-state index in [0.29, 0.717) is 11.8 Å². The number of hydrogen-bond donors (Lipinski definition) is 0. The molecule has 0 aromatic heterocycles. The number of benzene rings is 6. The van der Waals surface area contributed by atoms with Crippen LogP contribution in [0.5, 0.6) is 0 Å². The van der Waals surface area contributed by atoms with Crippen molar-refractivity contribution in [1.82, 2.24) is 0 Å². The summed E-state index contributed by atoms with van der Waals surface area (Å²) < 4.78 is 0. The number of rotatable bonds is 4. The Morgan fingerprint density at radius 3 is 1.52 bits per heavy atom. The Labute approximate surface area is 270 Å². The number of para-hydroxylation sites is 5. The molecule has 0 N–H and O–H groups in total. The van der Waals surface area contributed by atoms with Crippen LogP contribution in [-0.4, -0.2) is 5.78 Å². The molecule has 222 valence electrons. The van der Waals surface area contributed by atoms with Gasteiger partial charge in [0.2, 0.25) is 0 Å². The van der Waals surface area contributed by atoms with Crippen molar-refractivity contribution >= 4 is 39.9 Å². The first kappa shape index (κ1) is 26.9. The second kappa shape index (κ2) is 10.9. The van der Waals surface area contributed by atoms with Crippen LogP contribution in [0.15, 0.2) is 146 Å². The van der Waals surface area contributed by atoms with Gasteiger partial charge in [-0.2, -0.15) is 0 Å². The molecule has 2 bridgehead atoms. The molecule has 0 fully saturated rings. The maximum absolute atomic E-state index is 13.3. The Hall–Kier alpha value is -5.41. The topological polar surface area (TPSA) is 23.6 Å². The zero-order valence-corrected chi connectivity index (χ0v) is 25.6. The standard InChI is InChI=1S/C43H34N2O/c46-43(29-11-3-1-4-12-29)34-22-21-31-25-32-20-19-30(37(31)27-34)26-33-23-24-36(28-38(32)33)45-41-17-9-7-15-39(41)44(35-13-5-2-6-14-35)40-16-8-10-18-42(40)45/h1-18,21-24,27-28,30,32H,19-20,25-26H2. The Bertz CT molecular complexity index is 2050. The fourth-order valence-corrected chi connectivity index (χ4v) is 8.09. The molecule has 1 heterocycles. The first-order chi connectivity index (χ1) is 22.7. The largest absolute Gasteiger partial charge is 0.306 e. The lowest BCUT2D eigenvalue weighted by atomic mass is 9.81. The van der Waals surface area contributed by atoms with Gasteiger partial charge in [0.1, 0.15) is 0 Å². The summed E-state index contributed by atoms with van der Waals surface area (Å²) in [4.78, 5) is 18.2. The summed E-state index contributed by atoms with van der Waals surface area (Å²) in [5, 5.41) is 0. The second-order valence-corrected chi connectivity index (χ2v) is 12.9. The van der Waals surface area contributed by atoms with Gasteiger partial charge in [-0.3, -0.25) is 4.79 Å². The predicted octanol–water partition coefficient (Wildman–Crippen LogP) is 10.9. The highest BCUT2D eigenvalue weighted by Crippen LogP contribution is 2.55. The Balaban J connectivity index is 1.11. The van der Waals surface area contributed by atoms with Crippen molar-refractivity contribution in [3.8, 4) is 0 Å². The molecule has 6 aromatic rings. The van der Waals surface area contributed by atoms with Gasteiger partial charge in [-0.05, 0) is 114 Å². The third kappa shape index (κ3) is 4.38. The number of anilines is 6. The van der Waals surface area contributed by atoms with Crippen LogP contribution in [0.3, 0.4) is 0 Å².